The Morgan fingerprint density at radius 2 is 1.94 bits per heavy atom. The van der Waals surface area contributed by atoms with E-state index >= 15 is 0 Å². The zero-order valence-electron chi connectivity index (χ0n) is 16.2. The summed E-state index contributed by atoms with van der Waals surface area (Å²) in [4.78, 5) is 32.3. The van der Waals surface area contributed by atoms with Gasteiger partial charge in [-0.25, -0.2) is 4.98 Å². The largest absolute Gasteiger partial charge is 0.503 e. The summed E-state index contributed by atoms with van der Waals surface area (Å²) in [6, 6.07) is 14.7. The van der Waals surface area contributed by atoms with Crippen LogP contribution in [0.15, 0.2) is 75.7 Å². The van der Waals surface area contributed by atoms with Crippen LogP contribution in [0.2, 0.25) is 5.02 Å². The van der Waals surface area contributed by atoms with Crippen molar-refractivity contribution in [2.75, 3.05) is 4.90 Å². The number of aromatic nitrogens is 1. The van der Waals surface area contributed by atoms with Crippen LogP contribution in [0, 0.1) is 6.92 Å². The number of carbonyl (C=O) groups is 2. The van der Waals surface area contributed by atoms with Crippen LogP contribution >= 0.6 is 22.9 Å². The Morgan fingerprint density at radius 1 is 1.19 bits per heavy atom. The number of carbonyl (C=O) groups excluding carboxylic acids is 2. The molecule has 0 bridgehead atoms. The number of fused-ring (bicyclic) bond motifs is 1. The van der Waals surface area contributed by atoms with E-state index < -0.39 is 23.5 Å². The van der Waals surface area contributed by atoms with Gasteiger partial charge in [-0.05, 0) is 36.8 Å². The number of aryl methyl sites for hydroxylation is 1. The highest BCUT2D eigenvalue weighted by atomic mass is 35.5. The number of halogens is 1. The maximum Gasteiger partial charge on any atom is 0.296 e. The molecule has 31 heavy (non-hydrogen) atoms. The number of nitrogens with zero attached hydrogens (tertiary/aromatic N) is 2. The lowest BCUT2D eigenvalue weighted by Crippen LogP contribution is -2.31. The number of thiazole rings is 1. The molecule has 0 aliphatic carbocycles. The Morgan fingerprint density at radius 3 is 2.61 bits per heavy atom. The third kappa shape index (κ3) is 3.22. The highest BCUT2D eigenvalue weighted by Gasteiger charge is 2.46. The minimum Gasteiger partial charge on any atom is -0.503 e. The molecule has 1 unspecified atom stereocenters. The summed E-state index contributed by atoms with van der Waals surface area (Å²) in [6.45, 7) is 1.81. The van der Waals surface area contributed by atoms with E-state index in [1.807, 2.05) is 19.1 Å². The molecule has 1 atom stereocenters. The average molecular weight is 451 g/mol. The van der Waals surface area contributed by atoms with E-state index in [4.69, 9.17) is 16.0 Å². The summed E-state index contributed by atoms with van der Waals surface area (Å²) in [7, 11) is 0. The van der Waals surface area contributed by atoms with Crippen LogP contribution in [0.5, 0.6) is 0 Å². The first-order chi connectivity index (χ1) is 14.9. The molecule has 0 spiro atoms. The summed E-state index contributed by atoms with van der Waals surface area (Å²) >= 11 is 7.30. The Labute approximate surface area is 186 Å². The van der Waals surface area contributed by atoms with Gasteiger partial charge in [-0.1, -0.05) is 41.9 Å². The fourth-order valence-electron chi connectivity index (χ4n) is 3.67. The van der Waals surface area contributed by atoms with Gasteiger partial charge in [-0.2, -0.15) is 0 Å². The summed E-state index contributed by atoms with van der Waals surface area (Å²) in [6.07, 6.45) is 0. The molecule has 3 heterocycles. The van der Waals surface area contributed by atoms with Crippen LogP contribution in [0.25, 0.3) is 11.0 Å². The molecule has 5 rings (SSSR count). The Kier molecular flexibility index (Phi) is 4.64. The van der Waals surface area contributed by atoms with Crippen LogP contribution in [0.1, 0.15) is 27.9 Å². The first-order valence-electron chi connectivity index (χ1n) is 9.41. The molecule has 154 valence electrons. The van der Waals surface area contributed by atoms with Gasteiger partial charge in [0.05, 0.1) is 17.3 Å². The fourth-order valence-corrected chi connectivity index (χ4v) is 4.63. The molecule has 0 radical (unpaired) electrons. The van der Waals surface area contributed by atoms with Gasteiger partial charge in [0.2, 0.25) is 5.78 Å². The van der Waals surface area contributed by atoms with E-state index in [-0.39, 0.29) is 11.3 Å². The lowest BCUT2D eigenvalue weighted by molar-refractivity contribution is -0.117. The van der Waals surface area contributed by atoms with Gasteiger partial charge >= 0.3 is 0 Å². The number of furan rings is 1. The van der Waals surface area contributed by atoms with Gasteiger partial charge in [0.25, 0.3) is 5.91 Å². The fraction of sp³-hybridized carbons (Fsp3) is 0.0870. The summed E-state index contributed by atoms with van der Waals surface area (Å²) in [5.41, 5.74) is 1.85. The Hall–Kier alpha value is -3.42. The molecule has 4 aromatic rings. The second-order valence-corrected chi connectivity index (χ2v) is 8.41. The van der Waals surface area contributed by atoms with Crippen molar-refractivity contribution in [1.29, 1.82) is 0 Å². The molecule has 0 fully saturated rings. The van der Waals surface area contributed by atoms with Crippen molar-refractivity contribution in [3.8, 4) is 0 Å². The van der Waals surface area contributed by atoms with Crippen molar-refractivity contribution in [3.63, 3.8) is 0 Å². The van der Waals surface area contributed by atoms with Gasteiger partial charge < -0.3 is 9.52 Å². The number of hydrogen-bond acceptors (Lipinski definition) is 6. The van der Waals surface area contributed by atoms with Gasteiger partial charge in [-0.3, -0.25) is 14.5 Å². The molecule has 1 amide bonds. The number of aliphatic hydroxyl groups is 1. The normalized spacial score (nSPS) is 16.5. The van der Waals surface area contributed by atoms with E-state index in [1.165, 1.54) is 16.2 Å². The number of rotatable bonds is 4. The van der Waals surface area contributed by atoms with Gasteiger partial charge in [-0.15, -0.1) is 11.3 Å². The third-order valence-corrected chi connectivity index (χ3v) is 6.31. The quantitative estimate of drug-likeness (QED) is 0.407. The number of aliphatic hydroxyl groups excluding tert-OH is 1. The van der Waals surface area contributed by atoms with Crippen LogP contribution in [-0.2, 0) is 4.79 Å². The second kappa shape index (κ2) is 7.37. The molecule has 1 aliphatic heterocycles. The van der Waals surface area contributed by atoms with E-state index in [2.05, 4.69) is 4.98 Å². The van der Waals surface area contributed by atoms with Crippen molar-refractivity contribution in [2.45, 2.75) is 13.0 Å². The SMILES string of the molecule is Cc1csc(N2C(=O)C(O)=C(C(=O)c3cc4ccccc4o3)C2c2ccc(Cl)cc2)n1. The molecule has 2 aromatic heterocycles. The summed E-state index contributed by atoms with van der Waals surface area (Å²) in [5, 5.41) is 14.2. The summed E-state index contributed by atoms with van der Waals surface area (Å²) < 4.78 is 5.72. The van der Waals surface area contributed by atoms with Crippen molar-refractivity contribution < 1.29 is 19.1 Å². The lowest BCUT2D eigenvalue weighted by atomic mass is 9.95. The molecular weight excluding hydrogens is 436 g/mol. The molecule has 6 nitrogen and oxygen atoms in total. The molecule has 0 saturated heterocycles. The number of benzene rings is 2. The van der Waals surface area contributed by atoms with Gasteiger partial charge in [0.1, 0.15) is 5.58 Å². The van der Waals surface area contributed by atoms with Crippen molar-refractivity contribution in [1.82, 2.24) is 4.98 Å². The molecule has 8 heteroatoms. The molecular formula is C23H15ClN2O4S. The molecule has 0 saturated carbocycles. The first-order valence-corrected chi connectivity index (χ1v) is 10.7. The third-order valence-electron chi connectivity index (χ3n) is 5.10. The zero-order chi connectivity index (χ0) is 21.7. The average Bonchev–Trinajstić information content (AvgIpc) is 3.45. The van der Waals surface area contributed by atoms with E-state index in [0.717, 1.165) is 11.1 Å². The number of anilines is 1. The topological polar surface area (TPSA) is 83.6 Å². The molecule has 2 aromatic carbocycles. The minimum atomic E-state index is -0.865. The highest BCUT2D eigenvalue weighted by molar-refractivity contribution is 7.14. The van der Waals surface area contributed by atoms with Gasteiger partial charge in [0.15, 0.2) is 16.7 Å². The number of hydrogen-bond donors (Lipinski definition) is 1. The van der Waals surface area contributed by atoms with Crippen LogP contribution in [0.3, 0.4) is 0 Å². The van der Waals surface area contributed by atoms with E-state index in [0.29, 0.717) is 21.3 Å². The van der Waals surface area contributed by atoms with Crippen LogP contribution < -0.4 is 4.90 Å². The number of para-hydroxylation sites is 1. The van der Waals surface area contributed by atoms with Crippen LogP contribution in [-0.4, -0.2) is 21.8 Å². The molecule has 1 N–H and O–H groups in total. The van der Waals surface area contributed by atoms with E-state index in [9.17, 15) is 14.7 Å². The predicted octanol–water partition coefficient (Wildman–Crippen LogP) is 5.63. The summed E-state index contributed by atoms with van der Waals surface area (Å²) in [5.74, 6) is -1.81. The van der Waals surface area contributed by atoms with E-state index in [1.54, 1.807) is 47.8 Å². The Balaban J connectivity index is 1.66. The maximum atomic E-state index is 13.5. The Bertz CT molecular complexity index is 1340. The first kappa shape index (κ1) is 19.5. The lowest BCUT2D eigenvalue weighted by Gasteiger charge is -2.24. The minimum absolute atomic E-state index is 0.0479. The molecule has 1 aliphatic rings. The van der Waals surface area contributed by atoms with Crippen molar-refractivity contribution in [2.24, 2.45) is 0 Å². The van der Waals surface area contributed by atoms with Gasteiger partial charge in [0, 0.05) is 15.8 Å². The zero-order valence-corrected chi connectivity index (χ0v) is 17.8. The standard InChI is InChI=1S/C23H15ClN2O4S/c1-12-11-31-23(25-12)26-19(13-6-8-15(24)9-7-13)18(21(28)22(26)29)20(27)17-10-14-4-2-3-5-16(14)30-17/h2-11,19,28H,1H3. The van der Waals surface area contributed by atoms with Crippen molar-refractivity contribution >= 4 is 50.7 Å². The number of ketones is 1. The van der Waals surface area contributed by atoms with Crippen molar-refractivity contribution in [3.05, 3.63) is 93.3 Å². The monoisotopic (exact) mass is 450 g/mol. The van der Waals surface area contributed by atoms with Crippen LogP contribution in [0.4, 0.5) is 5.13 Å². The maximum absolute atomic E-state index is 13.5. The second-order valence-electron chi connectivity index (χ2n) is 7.14. The highest BCUT2D eigenvalue weighted by Crippen LogP contribution is 2.43. The predicted molar refractivity (Wildman–Crippen MR) is 119 cm³/mol. The number of amides is 1. The number of Topliss-reactive ketones (excluding diaryl/α,β-unsaturated/α-hetero) is 1. The smallest absolute Gasteiger partial charge is 0.296 e.